The lowest BCUT2D eigenvalue weighted by Gasteiger charge is -2.19. The summed E-state index contributed by atoms with van der Waals surface area (Å²) >= 11 is 14.1. The summed E-state index contributed by atoms with van der Waals surface area (Å²) < 4.78 is 0.192. The number of amidine groups is 1. The number of aliphatic imine (C=N–C) groups is 1. The Morgan fingerprint density at radius 1 is 1.35 bits per heavy atom. The SMILES string of the molecule is CCCCN1CC(C)(C)SC1=Nc1cccc(Cl)c1Cl. The van der Waals surface area contributed by atoms with Crippen LogP contribution in [0.3, 0.4) is 0 Å². The summed E-state index contributed by atoms with van der Waals surface area (Å²) in [5, 5.41) is 2.13. The molecule has 0 aromatic heterocycles. The first-order valence-electron chi connectivity index (χ1n) is 6.89. The molecule has 0 amide bonds. The molecule has 0 radical (unpaired) electrons. The zero-order chi connectivity index (χ0) is 14.8. The Morgan fingerprint density at radius 3 is 2.80 bits per heavy atom. The van der Waals surface area contributed by atoms with Crippen molar-refractivity contribution in [1.29, 1.82) is 0 Å². The maximum absolute atomic E-state index is 6.23. The van der Waals surface area contributed by atoms with Crippen LogP contribution < -0.4 is 0 Å². The largest absolute Gasteiger partial charge is 0.350 e. The van der Waals surface area contributed by atoms with Gasteiger partial charge in [0.05, 0.1) is 15.7 Å². The monoisotopic (exact) mass is 330 g/mol. The lowest BCUT2D eigenvalue weighted by Crippen LogP contribution is -2.29. The van der Waals surface area contributed by atoms with Gasteiger partial charge in [-0.2, -0.15) is 0 Å². The molecule has 0 unspecified atom stereocenters. The molecule has 1 fully saturated rings. The highest BCUT2D eigenvalue weighted by atomic mass is 35.5. The molecule has 0 spiro atoms. The average Bonchev–Trinajstić information content (AvgIpc) is 2.67. The lowest BCUT2D eigenvalue weighted by molar-refractivity contribution is 0.397. The van der Waals surface area contributed by atoms with Crippen LogP contribution in [0.5, 0.6) is 0 Å². The van der Waals surface area contributed by atoms with E-state index in [1.165, 1.54) is 12.8 Å². The first-order chi connectivity index (χ1) is 9.43. The van der Waals surface area contributed by atoms with E-state index >= 15 is 0 Å². The fourth-order valence-corrected chi connectivity index (χ4v) is 3.65. The second-order valence-corrected chi connectivity index (χ2v) is 8.06. The standard InChI is InChI=1S/C15H20Cl2N2S/c1-4-5-9-19-10-15(2,3)20-14(19)18-12-8-6-7-11(16)13(12)17/h6-8H,4-5,9-10H2,1-3H3. The van der Waals surface area contributed by atoms with Gasteiger partial charge in [0, 0.05) is 17.8 Å². The molecule has 110 valence electrons. The minimum Gasteiger partial charge on any atom is -0.350 e. The molecule has 0 aliphatic carbocycles. The topological polar surface area (TPSA) is 15.6 Å². The molecule has 1 aromatic carbocycles. The van der Waals surface area contributed by atoms with Gasteiger partial charge in [-0.05, 0) is 32.4 Å². The number of benzene rings is 1. The van der Waals surface area contributed by atoms with E-state index in [-0.39, 0.29) is 4.75 Å². The highest BCUT2D eigenvalue weighted by Gasteiger charge is 2.34. The van der Waals surface area contributed by atoms with Crippen LogP contribution in [0.4, 0.5) is 5.69 Å². The molecule has 0 saturated carbocycles. The maximum atomic E-state index is 6.23. The number of nitrogens with zero attached hydrogens (tertiary/aromatic N) is 2. The molecule has 1 heterocycles. The Balaban J connectivity index is 2.28. The number of unbranched alkanes of at least 4 members (excludes halogenated alkanes) is 1. The van der Waals surface area contributed by atoms with Gasteiger partial charge in [0.1, 0.15) is 0 Å². The van der Waals surface area contributed by atoms with E-state index in [0.29, 0.717) is 10.0 Å². The van der Waals surface area contributed by atoms with Crippen molar-refractivity contribution in [2.75, 3.05) is 13.1 Å². The third-order valence-corrected chi connectivity index (χ3v) is 5.16. The molecule has 1 aromatic rings. The minimum atomic E-state index is 0.192. The van der Waals surface area contributed by atoms with Gasteiger partial charge in [-0.25, -0.2) is 4.99 Å². The number of thioether (sulfide) groups is 1. The van der Waals surface area contributed by atoms with E-state index < -0.39 is 0 Å². The van der Waals surface area contributed by atoms with Crippen LogP contribution in [-0.2, 0) is 0 Å². The van der Waals surface area contributed by atoms with E-state index in [4.69, 9.17) is 28.2 Å². The van der Waals surface area contributed by atoms with Crippen LogP contribution in [0.1, 0.15) is 33.6 Å². The van der Waals surface area contributed by atoms with Crippen molar-refractivity contribution >= 4 is 45.8 Å². The maximum Gasteiger partial charge on any atom is 0.165 e. The fourth-order valence-electron chi connectivity index (χ4n) is 2.17. The number of rotatable bonds is 4. The molecule has 0 bridgehead atoms. The third kappa shape index (κ3) is 3.84. The van der Waals surface area contributed by atoms with Gasteiger partial charge in [-0.15, -0.1) is 0 Å². The van der Waals surface area contributed by atoms with Crippen LogP contribution in [0, 0.1) is 0 Å². The van der Waals surface area contributed by atoms with Gasteiger partial charge < -0.3 is 4.90 Å². The summed E-state index contributed by atoms with van der Waals surface area (Å²) in [6.45, 7) is 8.77. The molecular formula is C15H20Cl2N2S. The molecule has 2 rings (SSSR count). The van der Waals surface area contributed by atoms with Gasteiger partial charge in [-0.3, -0.25) is 0 Å². The molecule has 0 N–H and O–H groups in total. The van der Waals surface area contributed by atoms with Gasteiger partial charge in [0.2, 0.25) is 0 Å². The Morgan fingerprint density at radius 2 is 2.10 bits per heavy atom. The van der Waals surface area contributed by atoms with E-state index in [1.807, 2.05) is 23.9 Å². The first-order valence-corrected chi connectivity index (χ1v) is 8.47. The Kier molecular flexibility index (Phi) is 5.27. The molecule has 5 heteroatoms. The fraction of sp³-hybridized carbons (Fsp3) is 0.533. The van der Waals surface area contributed by atoms with Crippen LogP contribution in [-0.4, -0.2) is 27.9 Å². The Hall–Kier alpha value is -0.380. The first kappa shape index (κ1) is 16.0. The van der Waals surface area contributed by atoms with E-state index in [2.05, 4.69) is 25.7 Å². The summed E-state index contributed by atoms with van der Waals surface area (Å²) in [5.74, 6) is 0. The van der Waals surface area contributed by atoms with Crippen LogP contribution in [0.15, 0.2) is 23.2 Å². The Labute approximate surface area is 135 Å². The molecular weight excluding hydrogens is 311 g/mol. The zero-order valence-corrected chi connectivity index (χ0v) is 14.4. The smallest absolute Gasteiger partial charge is 0.165 e. The summed E-state index contributed by atoms with van der Waals surface area (Å²) in [6, 6.07) is 5.58. The highest BCUT2D eigenvalue weighted by molar-refractivity contribution is 8.15. The van der Waals surface area contributed by atoms with Crippen molar-refractivity contribution < 1.29 is 0 Å². The minimum absolute atomic E-state index is 0.192. The van der Waals surface area contributed by atoms with Crippen molar-refractivity contribution in [3.8, 4) is 0 Å². The van der Waals surface area contributed by atoms with Gasteiger partial charge in [-0.1, -0.05) is 54.4 Å². The van der Waals surface area contributed by atoms with Crippen molar-refractivity contribution in [3.05, 3.63) is 28.2 Å². The van der Waals surface area contributed by atoms with Gasteiger partial charge in [0.25, 0.3) is 0 Å². The second kappa shape index (κ2) is 6.59. The summed E-state index contributed by atoms with van der Waals surface area (Å²) in [5.41, 5.74) is 0.751. The quantitative estimate of drug-likeness (QED) is 0.713. The lowest BCUT2D eigenvalue weighted by atomic mass is 10.2. The van der Waals surface area contributed by atoms with Crippen molar-refractivity contribution in [2.45, 2.75) is 38.4 Å². The number of hydrogen-bond acceptors (Lipinski definition) is 2. The van der Waals surface area contributed by atoms with E-state index in [1.54, 1.807) is 6.07 Å². The summed E-state index contributed by atoms with van der Waals surface area (Å²) in [7, 11) is 0. The molecule has 20 heavy (non-hydrogen) atoms. The zero-order valence-electron chi connectivity index (χ0n) is 12.1. The predicted octanol–water partition coefficient (Wildman–Crippen LogP) is 5.61. The molecule has 1 aliphatic heterocycles. The predicted molar refractivity (Wildman–Crippen MR) is 91.7 cm³/mol. The second-order valence-electron chi connectivity index (χ2n) is 5.60. The molecule has 0 atom stereocenters. The highest BCUT2D eigenvalue weighted by Crippen LogP contribution is 2.39. The van der Waals surface area contributed by atoms with E-state index in [9.17, 15) is 0 Å². The van der Waals surface area contributed by atoms with Crippen molar-refractivity contribution in [3.63, 3.8) is 0 Å². The average molecular weight is 331 g/mol. The van der Waals surface area contributed by atoms with Crippen LogP contribution >= 0.6 is 35.0 Å². The normalized spacial score (nSPS) is 19.9. The van der Waals surface area contributed by atoms with Gasteiger partial charge >= 0.3 is 0 Å². The number of hydrogen-bond donors (Lipinski definition) is 0. The summed E-state index contributed by atoms with van der Waals surface area (Å²) in [6.07, 6.45) is 2.37. The van der Waals surface area contributed by atoms with Crippen molar-refractivity contribution in [1.82, 2.24) is 4.90 Å². The third-order valence-electron chi connectivity index (χ3n) is 3.14. The molecule has 2 nitrogen and oxygen atoms in total. The summed E-state index contributed by atoms with van der Waals surface area (Å²) in [4.78, 5) is 7.09. The van der Waals surface area contributed by atoms with Gasteiger partial charge in [0.15, 0.2) is 5.17 Å². The van der Waals surface area contributed by atoms with Crippen LogP contribution in [0.2, 0.25) is 10.0 Å². The molecule has 1 saturated heterocycles. The number of halogens is 2. The Bertz CT molecular complexity index is 515. The molecule has 1 aliphatic rings. The van der Waals surface area contributed by atoms with Crippen molar-refractivity contribution in [2.24, 2.45) is 4.99 Å². The van der Waals surface area contributed by atoms with E-state index in [0.717, 1.165) is 23.9 Å². The van der Waals surface area contributed by atoms with Crippen LogP contribution in [0.25, 0.3) is 0 Å².